The Hall–Kier alpha value is -4.16. The number of hydrazone groups is 2. The molecule has 0 spiro atoms. The van der Waals surface area contributed by atoms with Crippen LogP contribution >= 0.6 is 0 Å². The van der Waals surface area contributed by atoms with Gasteiger partial charge in [-0.15, -0.1) is 0 Å². The highest BCUT2D eigenvalue weighted by molar-refractivity contribution is 6.35. The molecule has 0 aliphatic carbocycles. The minimum absolute atomic E-state index is 0.120. The summed E-state index contributed by atoms with van der Waals surface area (Å²) in [5.74, 6) is -0.317. The van der Waals surface area contributed by atoms with Crippen LogP contribution < -0.4 is 29.8 Å². The molecule has 12 nitrogen and oxygen atoms in total. The van der Waals surface area contributed by atoms with Gasteiger partial charge in [0.15, 0.2) is 23.0 Å². The Labute approximate surface area is 195 Å². The first-order valence-electron chi connectivity index (χ1n) is 10.0. The minimum Gasteiger partial charge on any atom is -0.493 e. The van der Waals surface area contributed by atoms with Gasteiger partial charge in [-0.1, -0.05) is 0 Å². The normalized spacial score (nSPS) is 10.8. The monoisotopic (exact) mass is 474 g/mol. The number of hydrogen-bond acceptors (Lipinski definition) is 10. The molecule has 0 atom stereocenters. The quantitative estimate of drug-likeness (QED) is 0.191. The van der Waals surface area contributed by atoms with Crippen LogP contribution in [0.5, 0.6) is 23.0 Å². The lowest BCUT2D eigenvalue weighted by Crippen LogP contribution is -2.35. The Balaban J connectivity index is 1.89. The lowest BCUT2D eigenvalue weighted by Gasteiger charge is -2.10. The van der Waals surface area contributed by atoms with Crippen LogP contribution in [-0.2, 0) is 9.59 Å². The summed E-state index contributed by atoms with van der Waals surface area (Å²) in [6.07, 6.45) is 2.64. The van der Waals surface area contributed by atoms with E-state index in [1.807, 2.05) is 0 Å². The molecular weight excluding hydrogens is 448 g/mol. The van der Waals surface area contributed by atoms with Crippen LogP contribution in [0.25, 0.3) is 0 Å². The zero-order valence-corrected chi connectivity index (χ0v) is 18.7. The maximum absolute atomic E-state index is 11.9. The number of aliphatic hydroxyl groups is 2. The largest absolute Gasteiger partial charge is 0.493 e. The fourth-order valence-corrected chi connectivity index (χ4v) is 2.51. The van der Waals surface area contributed by atoms with Gasteiger partial charge in [-0.2, -0.15) is 10.2 Å². The second kappa shape index (κ2) is 14.1. The van der Waals surface area contributed by atoms with Crippen molar-refractivity contribution in [3.05, 3.63) is 47.5 Å². The molecule has 0 saturated heterocycles. The fourth-order valence-electron chi connectivity index (χ4n) is 2.51. The Bertz CT molecular complexity index is 944. The summed E-state index contributed by atoms with van der Waals surface area (Å²) < 4.78 is 21.1. The Morgan fingerprint density at radius 2 is 1.18 bits per heavy atom. The van der Waals surface area contributed by atoms with Crippen molar-refractivity contribution in [3.63, 3.8) is 0 Å². The molecule has 2 aromatic rings. The van der Waals surface area contributed by atoms with Crippen molar-refractivity contribution in [1.29, 1.82) is 0 Å². The SMILES string of the molecule is COc1cc(/C=N\NC(=O)C(=O)N/N=C/c2ccc(OCCO)c(OC)c2)ccc1OCCO. The lowest BCUT2D eigenvalue weighted by atomic mass is 10.2. The van der Waals surface area contributed by atoms with E-state index in [9.17, 15) is 9.59 Å². The molecule has 0 aromatic heterocycles. The van der Waals surface area contributed by atoms with Gasteiger partial charge in [-0.25, -0.2) is 10.9 Å². The number of amides is 2. The van der Waals surface area contributed by atoms with Gasteiger partial charge in [-0.05, 0) is 47.5 Å². The van der Waals surface area contributed by atoms with Crippen LogP contribution in [0.4, 0.5) is 0 Å². The lowest BCUT2D eigenvalue weighted by molar-refractivity contribution is -0.139. The number of hydrogen-bond donors (Lipinski definition) is 4. The molecule has 34 heavy (non-hydrogen) atoms. The van der Waals surface area contributed by atoms with E-state index in [4.69, 9.17) is 29.2 Å². The van der Waals surface area contributed by atoms with Crippen molar-refractivity contribution >= 4 is 24.2 Å². The van der Waals surface area contributed by atoms with Gasteiger partial charge >= 0.3 is 11.8 Å². The number of nitrogens with one attached hydrogen (secondary N) is 2. The minimum atomic E-state index is -1.02. The number of carbonyl (C=O) groups excluding carboxylic acids is 2. The van der Waals surface area contributed by atoms with E-state index in [0.29, 0.717) is 34.1 Å². The molecule has 4 N–H and O–H groups in total. The zero-order valence-electron chi connectivity index (χ0n) is 18.7. The van der Waals surface area contributed by atoms with Crippen molar-refractivity contribution in [3.8, 4) is 23.0 Å². The topological polar surface area (TPSA) is 160 Å². The molecule has 2 rings (SSSR count). The molecule has 12 heteroatoms. The number of methoxy groups -OCH3 is 2. The summed E-state index contributed by atoms with van der Waals surface area (Å²) in [4.78, 5) is 23.8. The van der Waals surface area contributed by atoms with Gasteiger partial charge < -0.3 is 29.2 Å². The van der Waals surface area contributed by atoms with Crippen LogP contribution in [0.15, 0.2) is 46.6 Å². The summed E-state index contributed by atoms with van der Waals surface area (Å²) in [6, 6.07) is 9.79. The molecule has 0 aliphatic heterocycles. The number of ether oxygens (including phenoxy) is 4. The Morgan fingerprint density at radius 1 is 0.765 bits per heavy atom. The van der Waals surface area contributed by atoms with Crippen LogP contribution in [-0.4, -0.2) is 75.1 Å². The average Bonchev–Trinajstić information content (AvgIpc) is 2.86. The molecular formula is C22H26N4O8. The summed E-state index contributed by atoms with van der Waals surface area (Å²) >= 11 is 0. The summed E-state index contributed by atoms with van der Waals surface area (Å²) in [7, 11) is 2.93. The second-order valence-corrected chi connectivity index (χ2v) is 6.36. The third kappa shape index (κ3) is 8.07. The van der Waals surface area contributed by atoms with Crippen LogP contribution in [0.1, 0.15) is 11.1 Å². The van der Waals surface area contributed by atoms with Crippen molar-refractivity contribution in [1.82, 2.24) is 10.9 Å². The van der Waals surface area contributed by atoms with Crippen molar-refractivity contribution < 1.29 is 38.7 Å². The van der Waals surface area contributed by atoms with E-state index in [1.54, 1.807) is 36.4 Å². The van der Waals surface area contributed by atoms with Gasteiger partial charge in [0.1, 0.15) is 13.2 Å². The molecule has 0 radical (unpaired) electrons. The first-order chi connectivity index (χ1) is 16.5. The third-order valence-electron chi connectivity index (χ3n) is 4.04. The molecule has 2 aromatic carbocycles. The first-order valence-corrected chi connectivity index (χ1v) is 10.0. The number of benzene rings is 2. The predicted octanol–water partition coefficient (Wildman–Crippen LogP) is 0.0464. The van der Waals surface area contributed by atoms with E-state index in [1.165, 1.54) is 26.6 Å². The number of nitrogens with zero attached hydrogens (tertiary/aromatic N) is 2. The van der Waals surface area contributed by atoms with Crippen molar-refractivity contribution in [2.24, 2.45) is 10.2 Å². The van der Waals surface area contributed by atoms with E-state index >= 15 is 0 Å². The van der Waals surface area contributed by atoms with Gasteiger partial charge in [-0.3, -0.25) is 9.59 Å². The van der Waals surface area contributed by atoms with Gasteiger partial charge in [0.25, 0.3) is 0 Å². The van der Waals surface area contributed by atoms with Crippen molar-refractivity contribution in [2.45, 2.75) is 0 Å². The molecule has 0 heterocycles. The van der Waals surface area contributed by atoms with E-state index in [2.05, 4.69) is 21.1 Å². The molecule has 0 unspecified atom stereocenters. The molecule has 182 valence electrons. The van der Waals surface area contributed by atoms with E-state index in [-0.39, 0.29) is 26.4 Å². The smallest absolute Gasteiger partial charge is 0.331 e. The van der Waals surface area contributed by atoms with Crippen molar-refractivity contribution in [2.75, 3.05) is 40.6 Å². The third-order valence-corrected chi connectivity index (χ3v) is 4.04. The number of rotatable bonds is 12. The van der Waals surface area contributed by atoms with Gasteiger partial charge in [0.05, 0.1) is 39.9 Å². The van der Waals surface area contributed by atoms with Crippen LogP contribution in [0.2, 0.25) is 0 Å². The second-order valence-electron chi connectivity index (χ2n) is 6.36. The highest BCUT2D eigenvalue weighted by Crippen LogP contribution is 2.28. The first kappa shape index (κ1) is 26.1. The molecule has 0 fully saturated rings. The standard InChI is InChI=1S/C22H26N4O8/c1-31-19-11-15(3-5-17(19)33-9-7-27)13-23-25-21(29)22(30)26-24-14-16-4-6-18(34-10-8-28)20(12-16)32-2/h3-6,11-14,27-28H,7-10H2,1-2H3,(H,25,29)(H,26,30)/b23-13-,24-14+. The Kier molecular flexibility index (Phi) is 10.8. The van der Waals surface area contributed by atoms with Crippen LogP contribution in [0, 0.1) is 0 Å². The van der Waals surface area contributed by atoms with Crippen LogP contribution in [0.3, 0.4) is 0 Å². The fraction of sp³-hybridized carbons (Fsp3) is 0.273. The zero-order chi connectivity index (χ0) is 24.8. The highest BCUT2D eigenvalue weighted by Gasteiger charge is 2.12. The summed E-state index contributed by atoms with van der Waals surface area (Å²) in [5.41, 5.74) is 5.34. The van der Waals surface area contributed by atoms with Gasteiger partial charge in [0.2, 0.25) is 0 Å². The van der Waals surface area contributed by atoms with E-state index in [0.717, 1.165) is 0 Å². The summed E-state index contributed by atoms with van der Waals surface area (Å²) in [6.45, 7) is -0.0264. The van der Waals surface area contributed by atoms with E-state index < -0.39 is 11.8 Å². The number of carbonyl (C=O) groups is 2. The molecule has 2 amide bonds. The summed E-state index contributed by atoms with van der Waals surface area (Å²) in [5, 5.41) is 25.1. The molecule has 0 aliphatic rings. The Morgan fingerprint density at radius 3 is 1.53 bits per heavy atom. The molecule has 0 saturated carbocycles. The predicted molar refractivity (Wildman–Crippen MR) is 123 cm³/mol. The molecule has 0 bridgehead atoms. The highest BCUT2D eigenvalue weighted by atomic mass is 16.5. The number of aliphatic hydroxyl groups excluding tert-OH is 2. The maximum atomic E-state index is 11.9. The average molecular weight is 474 g/mol. The maximum Gasteiger partial charge on any atom is 0.331 e. The van der Waals surface area contributed by atoms with Gasteiger partial charge in [0, 0.05) is 0 Å².